The normalized spacial score (nSPS) is 10.4. The molecule has 0 heterocycles. The highest BCUT2D eigenvalue weighted by atomic mass is 79.9. The van der Waals surface area contributed by atoms with E-state index in [1.165, 1.54) is 11.1 Å². The maximum absolute atomic E-state index is 5.90. The van der Waals surface area contributed by atoms with E-state index in [1.807, 2.05) is 25.1 Å². The SMILES string of the molecule is CCOc1cc(N)cc(Nc2cc(C)c(Br)c(C)c2)c1. The summed E-state index contributed by atoms with van der Waals surface area (Å²) in [5, 5.41) is 3.37. The Morgan fingerprint density at radius 2 is 1.65 bits per heavy atom. The third-order valence-corrected chi connectivity index (χ3v) is 4.22. The van der Waals surface area contributed by atoms with Crippen LogP contribution in [0.3, 0.4) is 0 Å². The zero-order chi connectivity index (χ0) is 14.7. The molecule has 0 radical (unpaired) electrons. The predicted molar refractivity (Wildman–Crippen MR) is 88.9 cm³/mol. The molecule has 0 aliphatic rings. The molecule has 2 rings (SSSR count). The van der Waals surface area contributed by atoms with Crippen LogP contribution in [-0.4, -0.2) is 6.61 Å². The topological polar surface area (TPSA) is 47.3 Å². The fourth-order valence-electron chi connectivity index (χ4n) is 2.13. The molecular formula is C16H19BrN2O. The van der Waals surface area contributed by atoms with E-state index in [4.69, 9.17) is 10.5 Å². The molecule has 3 N–H and O–H groups in total. The summed E-state index contributed by atoms with van der Waals surface area (Å²) < 4.78 is 6.65. The van der Waals surface area contributed by atoms with Crippen LogP contribution in [0, 0.1) is 13.8 Å². The third kappa shape index (κ3) is 3.45. The first-order valence-corrected chi connectivity index (χ1v) is 7.36. The van der Waals surface area contributed by atoms with Crippen LogP contribution in [0.4, 0.5) is 17.1 Å². The Morgan fingerprint density at radius 3 is 2.25 bits per heavy atom. The Balaban J connectivity index is 2.30. The van der Waals surface area contributed by atoms with Crippen LogP contribution in [0.15, 0.2) is 34.8 Å². The maximum atomic E-state index is 5.90. The van der Waals surface area contributed by atoms with Gasteiger partial charge in [-0.2, -0.15) is 0 Å². The number of rotatable bonds is 4. The summed E-state index contributed by atoms with van der Waals surface area (Å²) in [6.45, 7) is 6.73. The van der Waals surface area contributed by atoms with E-state index in [9.17, 15) is 0 Å². The van der Waals surface area contributed by atoms with Crippen molar-refractivity contribution >= 4 is 33.0 Å². The highest BCUT2D eigenvalue weighted by Crippen LogP contribution is 2.29. The molecule has 0 spiro atoms. The van der Waals surface area contributed by atoms with Crippen LogP contribution >= 0.6 is 15.9 Å². The summed E-state index contributed by atoms with van der Waals surface area (Å²) in [6, 6.07) is 9.87. The summed E-state index contributed by atoms with van der Waals surface area (Å²) in [5.41, 5.74) is 10.9. The molecule has 2 aromatic carbocycles. The third-order valence-electron chi connectivity index (χ3n) is 2.96. The molecule has 20 heavy (non-hydrogen) atoms. The van der Waals surface area contributed by atoms with Crippen LogP contribution in [0.5, 0.6) is 5.75 Å². The van der Waals surface area contributed by atoms with Gasteiger partial charge in [0.05, 0.1) is 6.61 Å². The van der Waals surface area contributed by atoms with E-state index in [-0.39, 0.29) is 0 Å². The lowest BCUT2D eigenvalue weighted by atomic mass is 10.1. The number of nitrogens with one attached hydrogen (secondary N) is 1. The second kappa shape index (κ2) is 6.18. The minimum atomic E-state index is 0.624. The van der Waals surface area contributed by atoms with Gasteiger partial charge in [-0.25, -0.2) is 0 Å². The standard InChI is InChI=1S/C16H19BrN2O/c1-4-20-15-8-12(18)7-14(9-15)19-13-5-10(2)16(17)11(3)6-13/h5-9,19H,4,18H2,1-3H3. The fraction of sp³-hybridized carbons (Fsp3) is 0.250. The molecule has 0 amide bonds. The van der Waals surface area contributed by atoms with Gasteiger partial charge in [0.2, 0.25) is 0 Å². The Hall–Kier alpha value is -1.68. The highest BCUT2D eigenvalue weighted by molar-refractivity contribution is 9.10. The Bertz CT molecular complexity index is 603. The van der Waals surface area contributed by atoms with Crippen molar-refractivity contribution in [3.63, 3.8) is 0 Å². The average Bonchev–Trinajstić information content (AvgIpc) is 2.35. The second-order valence-electron chi connectivity index (χ2n) is 4.77. The number of nitrogens with two attached hydrogens (primary N) is 1. The van der Waals surface area contributed by atoms with Crippen molar-refractivity contribution < 1.29 is 4.74 Å². The lowest BCUT2D eigenvalue weighted by molar-refractivity contribution is 0.340. The van der Waals surface area contributed by atoms with E-state index in [1.54, 1.807) is 0 Å². The number of benzene rings is 2. The number of nitrogen functional groups attached to an aromatic ring is 1. The zero-order valence-corrected chi connectivity index (χ0v) is 13.5. The zero-order valence-electron chi connectivity index (χ0n) is 12.0. The molecule has 0 aliphatic heterocycles. The largest absolute Gasteiger partial charge is 0.494 e. The number of anilines is 3. The lowest BCUT2D eigenvalue weighted by Crippen LogP contribution is -1.97. The fourth-order valence-corrected chi connectivity index (χ4v) is 2.36. The van der Waals surface area contributed by atoms with Crippen molar-refractivity contribution in [1.82, 2.24) is 0 Å². The monoisotopic (exact) mass is 334 g/mol. The van der Waals surface area contributed by atoms with Gasteiger partial charge in [-0.15, -0.1) is 0 Å². The van der Waals surface area contributed by atoms with Crippen molar-refractivity contribution in [2.24, 2.45) is 0 Å². The first-order chi connectivity index (χ1) is 9.49. The van der Waals surface area contributed by atoms with Gasteiger partial charge in [-0.3, -0.25) is 0 Å². The molecule has 0 fully saturated rings. The first-order valence-electron chi connectivity index (χ1n) is 6.56. The molecule has 0 atom stereocenters. The molecule has 0 aromatic heterocycles. The summed E-state index contributed by atoms with van der Waals surface area (Å²) in [7, 11) is 0. The van der Waals surface area contributed by atoms with Gasteiger partial charge in [-0.05, 0) is 50.1 Å². The molecular weight excluding hydrogens is 316 g/mol. The Kier molecular flexibility index (Phi) is 4.55. The summed E-state index contributed by atoms with van der Waals surface area (Å²) in [6.07, 6.45) is 0. The maximum Gasteiger partial charge on any atom is 0.123 e. The van der Waals surface area contributed by atoms with Crippen molar-refractivity contribution in [3.05, 3.63) is 45.9 Å². The quantitative estimate of drug-likeness (QED) is 0.790. The molecule has 0 aliphatic carbocycles. The van der Waals surface area contributed by atoms with Gasteiger partial charge in [0.15, 0.2) is 0 Å². The van der Waals surface area contributed by atoms with Crippen LogP contribution in [0.1, 0.15) is 18.1 Å². The highest BCUT2D eigenvalue weighted by Gasteiger charge is 2.04. The van der Waals surface area contributed by atoms with Crippen molar-refractivity contribution in [2.75, 3.05) is 17.7 Å². The molecule has 4 heteroatoms. The van der Waals surface area contributed by atoms with E-state index < -0.39 is 0 Å². The summed E-state index contributed by atoms with van der Waals surface area (Å²) in [5.74, 6) is 0.778. The molecule has 106 valence electrons. The van der Waals surface area contributed by atoms with E-state index in [0.29, 0.717) is 12.3 Å². The number of aryl methyl sites for hydroxylation is 2. The van der Waals surface area contributed by atoms with Crippen molar-refractivity contribution in [2.45, 2.75) is 20.8 Å². The Labute approximate surface area is 128 Å². The van der Waals surface area contributed by atoms with Crippen LogP contribution in [0.2, 0.25) is 0 Å². The first kappa shape index (κ1) is 14.7. The van der Waals surface area contributed by atoms with Gasteiger partial charge in [0, 0.05) is 33.7 Å². The minimum Gasteiger partial charge on any atom is -0.494 e. The average molecular weight is 335 g/mol. The number of hydrogen-bond donors (Lipinski definition) is 2. The van der Waals surface area contributed by atoms with Gasteiger partial charge in [-0.1, -0.05) is 15.9 Å². The van der Waals surface area contributed by atoms with Crippen LogP contribution < -0.4 is 15.8 Å². The van der Waals surface area contributed by atoms with Crippen LogP contribution in [-0.2, 0) is 0 Å². The van der Waals surface area contributed by atoms with Crippen LogP contribution in [0.25, 0.3) is 0 Å². The summed E-state index contributed by atoms with van der Waals surface area (Å²) >= 11 is 3.57. The molecule has 2 aromatic rings. The molecule has 0 bridgehead atoms. The van der Waals surface area contributed by atoms with Gasteiger partial charge in [0.1, 0.15) is 5.75 Å². The molecule has 0 saturated heterocycles. The second-order valence-corrected chi connectivity index (χ2v) is 5.57. The molecule has 3 nitrogen and oxygen atoms in total. The molecule has 0 saturated carbocycles. The minimum absolute atomic E-state index is 0.624. The van der Waals surface area contributed by atoms with E-state index in [2.05, 4.69) is 47.2 Å². The molecule has 0 unspecified atom stereocenters. The van der Waals surface area contributed by atoms with E-state index in [0.717, 1.165) is 21.6 Å². The predicted octanol–water partition coefficient (Wildman–Crippen LogP) is 4.79. The van der Waals surface area contributed by atoms with Crippen molar-refractivity contribution in [3.8, 4) is 5.75 Å². The van der Waals surface area contributed by atoms with E-state index >= 15 is 0 Å². The summed E-state index contributed by atoms with van der Waals surface area (Å²) in [4.78, 5) is 0. The number of hydrogen-bond acceptors (Lipinski definition) is 3. The number of halogens is 1. The van der Waals surface area contributed by atoms with Gasteiger partial charge >= 0.3 is 0 Å². The van der Waals surface area contributed by atoms with Gasteiger partial charge in [0.25, 0.3) is 0 Å². The van der Waals surface area contributed by atoms with Gasteiger partial charge < -0.3 is 15.8 Å². The lowest BCUT2D eigenvalue weighted by Gasteiger charge is -2.13. The smallest absolute Gasteiger partial charge is 0.123 e. The number of ether oxygens (including phenoxy) is 1. The van der Waals surface area contributed by atoms with Crippen molar-refractivity contribution in [1.29, 1.82) is 0 Å². The Morgan fingerprint density at radius 1 is 1.05 bits per heavy atom.